The summed E-state index contributed by atoms with van der Waals surface area (Å²) in [4.78, 5) is 0. The van der Waals surface area contributed by atoms with Crippen molar-refractivity contribution in [2.45, 2.75) is 37.5 Å². The van der Waals surface area contributed by atoms with Crippen molar-refractivity contribution in [2.24, 2.45) is 0 Å². The molecule has 3 rings (SSSR count). The normalized spacial score (nSPS) is 21.2. The first kappa shape index (κ1) is 11.1. The second-order valence-corrected chi connectivity index (χ2v) is 5.44. The molecule has 1 fully saturated rings. The zero-order valence-electron chi connectivity index (χ0n) is 10.6. The standard InChI is InChI=1S/C15H21NO/c1-16-11-15(7-3-8-15)13-5-6-14-12(10-13)4-2-9-17-14/h5-6,10,16H,2-4,7-9,11H2,1H3. The Morgan fingerprint density at radius 3 is 2.88 bits per heavy atom. The summed E-state index contributed by atoms with van der Waals surface area (Å²) in [6, 6.07) is 6.85. The Hall–Kier alpha value is -1.02. The average molecular weight is 231 g/mol. The van der Waals surface area contributed by atoms with Crippen molar-refractivity contribution >= 4 is 0 Å². The summed E-state index contributed by atoms with van der Waals surface area (Å²) in [5.74, 6) is 1.11. The molecule has 1 aromatic carbocycles. The molecule has 2 aliphatic rings. The fraction of sp³-hybridized carbons (Fsp3) is 0.600. The average Bonchev–Trinajstić information content (AvgIpc) is 2.33. The van der Waals surface area contributed by atoms with Crippen molar-refractivity contribution in [1.29, 1.82) is 0 Å². The highest BCUT2D eigenvalue weighted by molar-refractivity contribution is 5.42. The SMILES string of the molecule is CNCC1(c2ccc3c(c2)CCCO3)CCC1. The molecule has 1 aliphatic heterocycles. The van der Waals surface area contributed by atoms with E-state index in [1.807, 2.05) is 0 Å². The molecule has 0 bridgehead atoms. The number of aryl methyl sites for hydroxylation is 1. The van der Waals surface area contributed by atoms with Crippen LogP contribution in [-0.4, -0.2) is 20.2 Å². The molecule has 1 heterocycles. The molecule has 2 nitrogen and oxygen atoms in total. The lowest BCUT2D eigenvalue weighted by Crippen LogP contribution is -2.42. The minimum atomic E-state index is 0.404. The Bertz CT molecular complexity index is 409. The van der Waals surface area contributed by atoms with Crippen LogP contribution in [0.1, 0.15) is 36.8 Å². The third kappa shape index (κ3) is 1.85. The van der Waals surface area contributed by atoms with Gasteiger partial charge in [0.1, 0.15) is 5.75 Å². The lowest BCUT2D eigenvalue weighted by molar-refractivity contribution is 0.237. The van der Waals surface area contributed by atoms with E-state index in [9.17, 15) is 0 Å². The van der Waals surface area contributed by atoms with Crippen LogP contribution in [0.5, 0.6) is 5.75 Å². The molecule has 0 amide bonds. The largest absolute Gasteiger partial charge is 0.493 e. The van der Waals surface area contributed by atoms with Crippen LogP contribution >= 0.6 is 0 Å². The van der Waals surface area contributed by atoms with Crippen molar-refractivity contribution in [3.63, 3.8) is 0 Å². The number of nitrogens with one attached hydrogen (secondary N) is 1. The van der Waals surface area contributed by atoms with E-state index in [-0.39, 0.29) is 0 Å². The van der Waals surface area contributed by atoms with Gasteiger partial charge in [-0.2, -0.15) is 0 Å². The highest BCUT2D eigenvalue weighted by Gasteiger charge is 2.38. The zero-order chi connectivity index (χ0) is 11.7. The molecule has 0 atom stereocenters. The Labute approximate surface area is 103 Å². The number of hydrogen-bond donors (Lipinski definition) is 1. The third-order valence-corrected chi connectivity index (χ3v) is 4.35. The first-order valence-electron chi connectivity index (χ1n) is 6.75. The second-order valence-electron chi connectivity index (χ2n) is 5.44. The van der Waals surface area contributed by atoms with E-state index in [1.165, 1.54) is 36.8 Å². The molecule has 2 heteroatoms. The van der Waals surface area contributed by atoms with Gasteiger partial charge in [-0.05, 0) is 49.9 Å². The predicted octanol–water partition coefficient (Wildman–Crippen LogP) is 2.65. The lowest BCUT2D eigenvalue weighted by atomic mass is 9.64. The van der Waals surface area contributed by atoms with E-state index in [1.54, 1.807) is 0 Å². The molecular weight excluding hydrogens is 210 g/mol. The van der Waals surface area contributed by atoms with Crippen LogP contribution in [0.2, 0.25) is 0 Å². The predicted molar refractivity (Wildman–Crippen MR) is 69.7 cm³/mol. The number of fused-ring (bicyclic) bond motifs is 1. The van der Waals surface area contributed by atoms with Gasteiger partial charge in [0.25, 0.3) is 0 Å². The molecule has 1 saturated carbocycles. The summed E-state index contributed by atoms with van der Waals surface area (Å²) in [7, 11) is 2.06. The summed E-state index contributed by atoms with van der Waals surface area (Å²) >= 11 is 0. The molecule has 1 aliphatic carbocycles. The topological polar surface area (TPSA) is 21.3 Å². The molecule has 0 saturated heterocycles. The molecule has 92 valence electrons. The van der Waals surface area contributed by atoms with Gasteiger partial charge in [-0.15, -0.1) is 0 Å². The van der Waals surface area contributed by atoms with Crippen molar-refractivity contribution in [3.8, 4) is 5.75 Å². The van der Waals surface area contributed by atoms with Gasteiger partial charge in [-0.3, -0.25) is 0 Å². The van der Waals surface area contributed by atoms with Gasteiger partial charge in [0.15, 0.2) is 0 Å². The second kappa shape index (κ2) is 4.34. The van der Waals surface area contributed by atoms with Crippen molar-refractivity contribution in [1.82, 2.24) is 5.32 Å². The molecular formula is C15H21NO. The number of hydrogen-bond acceptors (Lipinski definition) is 2. The highest BCUT2D eigenvalue weighted by atomic mass is 16.5. The number of likely N-dealkylation sites (N-methyl/N-ethyl adjacent to an activating group) is 1. The van der Waals surface area contributed by atoms with E-state index >= 15 is 0 Å². The summed E-state index contributed by atoms with van der Waals surface area (Å²) in [5, 5.41) is 3.36. The van der Waals surface area contributed by atoms with Crippen molar-refractivity contribution in [2.75, 3.05) is 20.2 Å². The van der Waals surface area contributed by atoms with Crippen LogP contribution in [0.3, 0.4) is 0 Å². The van der Waals surface area contributed by atoms with Crippen LogP contribution in [0.15, 0.2) is 18.2 Å². The van der Waals surface area contributed by atoms with Crippen molar-refractivity contribution < 1.29 is 4.74 Å². The fourth-order valence-corrected chi connectivity index (χ4v) is 3.20. The zero-order valence-corrected chi connectivity index (χ0v) is 10.6. The van der Waals surface area contributed by atoms with E-state index < -0.39 is 0 Å². The van der Waals surface area contributed by atoms with Crippen LogP contribution < -0.4 is 10.1 Å². The van der Waals surface area contributed by atoms with Gasteiger partial charge >= 0.3 is 0 Å². The van der Waals surface area contributed by atoms with Gasteiger partial charge in [-0.1, -0.05) is 18.6 Å². The van der Waals surface area contributed by atoms with E-state index in [0.29, 0.717) is 5.41 Å². The molecule has 0 aromatic heterocycles. The number of ether oxygens (including phenoxy) is 1. The van der Waals surface area contributed by atoms with Gasteiger partial charge in [0.2, 0.25) is 0 Å². The molecule has 1 aromatic rings. The van der Waals surface area contributed by atoms with Crippen LogP contribution in [-0.2, 0) is 11.8 Å². The Kier molecular flexibility index (Phi) is 2.83. The first-order valence-corrected chi connectivity index (χ1v) is 6.75. The highest BCUT2D eigenvalue weighted by Crippen LogP contribution is 2.44. The molecule has 1 N–H and O–H groups in total. The van der Waals surface area contributed by atoms with Gasteiger partial charge in [-0.25, -0.2) is 0 Å². The summed E-state index contributed by atoms with van der Waals surface area (Å²) in [5.41, 5.74) is 3.33. The lowest BCUT2D eigenvalue weighted by Gasteiger charge is -2.43. The summed E-state index contributed by atoms with van der Waals surface area (Å²) in [6.07, 6.45) is 6.37. The Balaban J connectivity index is 1.92. The van der Waals surface area contributed by atoms with Crippen LogP contribution in [0.4, 0.5) is 0 Å². The van der Waals surface area contributed by atoms with Crippen LogP contribution in [0, 0.1) is 0 Å². The monoisotopic (exact) mass is 231 g/mol. The fourth-order valence-electron chi connectivity index (χ4n) is 3.20. The molecule has 0 radical (unpaired) electrons. The Morgan fingerprint density at radius 2 is 2.18 bits per heavy atom. The van der Waals surface area contributed by atoms with Gasteiger partial charge in [0, 0.05) is 12.0 Å². The van der Waals surface area contributed by atoms with Gasteiger partial charge < -0.3 is 10.1 Å². The molecule has 17 heavy (non-hydrogen) atoms. The molecule has 0 spiro atoms. The Morgan fingerprint density at radius 1 is 1.29 bits per heavy atom. The number of rotatable bonds is 3. The van der Waals surface area contributed by atoms with E-state index in [4.69, 9.17) is 4.74 Å². The maximum absolute atomic E-state index is 5.69. The van der Waals surface area contributed by atoms with E-state index in [0.717, 1.165) is 25.3 Å². The van der Waals surface area contributed by atoms with Crippen LogP contribution in [0.25, 0.3) is 0 Å². The first-order chi connectivity index (χ1) is 8.34. The summed E-state index contributed by atoms with van der Waals surface area (Å²) < 4.78 is 5.69. The van der Waals surface area contributed by atoms with E-state index in [2.05, 4.69) is 30.6 Å². The minimum absolute atomic E-state index is 0.404. The third-order valence-electron chi connectivity index (χ3n) is 4.35. The smallest absolute Gasteiger partial charge is 0.122 e. The molecule has 0 unspecified atom stereocenters. The quantitative estimate of drug-likeness (QED) is 0.863. The number of benzene rings is 1. The maximum Gasteiger partial charge on any atom is 0.122 e. The summed E-state index contributed by atoms with van der Waals surface area (Å²) in [6.45, 7) is 1.99. The van der Waals surface area contributed by atoms with Crippen molar-refractivity contribution in [3.05, 3.63) is 29.3 Å². The minimum Gasteiger partial charge on any atom is -0.493 e. The maximum atomic E-state index is 5.69. The van der Waals surface area contributed by atoms with Gasteiger partial charge in [0.05, 0.1) is 6.61 Å².